The van der Waals surface area contributed by atoms with Crippen LogP contribution in [0.2, 0.25) is 0 Å². The summed E-state index contributed by atoms with van der Waals surface area (Å²) in [7, 11) is -1.07. The van der Waals surface area contributed by atoms with E-state index in [1.54, 1.807) is 7.11 Å². The molecule has 0 bridgehead atoms. The summed E-state index contributed by atoms with van der Waals surface area (Å²) < 4.78 is 35.6. The zero-order valence-electron chi connectivity index (χ0n) is 17.7. The summed E-state index contributed by atoms with van der Waals surface area (Å²) >= 11 is 0. The van der Waals surface area contributed by atoms with Gasteiger partial charge in [-0.1, -0.05) is 26.3 Å². The molecule has 2 heterocycles. The molecule has 0 saturated carbocycles. The number of ether oxygens (including phenoxy) is 3. The quantitative estimate of drug-likeness (QED) is 0.359. The second-order valence-corrected chi connectivity index (χ2v) is 11.9. The van der Waals surface area contributed by atoms with Gasteiger partial charge in [-0.05, 0) is 26.4 Å². The van der Waals surface area contributed by atoms with Crippen LogP contribution in [0.3, 0.4) is 0 Å². The van der Waals surface area contributed by atoms with E-state index in [9.17, 15) is 0 Å². The molecule has 0 aliphatic carbocycles. The first-order valence-corrected chi connectivity index (χ1v) is 13.6. The smallest absolute Gasteiger partial charge is 0.115 e. The van der Waals surface area contributed by atoms with E-state index in [0.29, 0.717) is 13.2 Å². The van der Waals surface area contributed by atoms with Crippen LogP contribution in [0.4, 0.5) is 0 Å². The SMILES string of the molecule is C=P(C)(OC[C@H]1O[C@@H](C)[CH-]C1OP(C)C)OC1[C@@H](COC)O[C@@H](C)[C@H]1C.[Y]. The molecule has 2 fully saturated rings. The molecule has 157 valence electrons. The Bertz CT molecular complexity index is 494. The predicted molar refractivity (Wildman–Crippen MR) is 108 cm³/mol. The predicted octanol–water partition coefficient (Wildman–Crippen LogP) is 3.40. The molecule has 2 rings (SSSR count). The molecular formula is C18H35O6P2Y-. The van der Waals surface area contributed by atoms with Gasteiger partial charge in [0.15, 0.2) is 0 Å². The molecule has 9 heteroatoms. The Kier molecular flexibility index (Phi) is 11.7. The van der Waals surface area contributed by atoms with Crippen molar-refractivity contribution < 1.29 is 60.5 Å². The average molecular weight is 498 g/mol. The van der Waals surface area contributed by atoms with E-state index in [1.807, 2.05) is 13.6 Å². The minimum Gasteiger partial charge on any atom is -0.405 e. The van der Waals surface area contributed by atoms with Crippen molar-refractivity contribution in [1.82, 2.24) is 0 Å². The van der Waals surface area contributed by atoms with Crippen LogP contribution in [0.1, 0.15) is 20.8 Å². The van der Waals surface area contributed by atoms with Crippen LogP contribution in [0.25, 0.3) is 0 Å². The molecule has 6 nitrogen and oxygen atoms in total. The van der Waals surface area contributed by atoms with Crippen molar-refractivity contribution in [3.63, 3.8) is 0 Å². The van der Waals surface area contributed by atoms with Crippen molar-refractivity contribution >= 4 is 21.8 Å². The van der Waals surface area contributed by atoms with Gasteiger partial charge in [-0.15, -0.1) is 0 Å². The largest absolute Gasteiger partial charge is 0.405 e. The van der Waals surface area contributed by atoms with Crippen LogP contribution in [-0.2, 0) is 60.5 Å². The number of rotatable bonds is 9. The second kappa shape index (κ2) is 11.8. The van der Waals surface area contributed by atoms with Crippen molar-refractivity contribution in [2.75, 3.05) is 40.3 Å². The zero-order valence-corrected chi connectivity index (χ0v) is 22.3. The molecule has 8 atom stereocenters. The Morgan fingerprint density at radius 1 is 1.11 bits per heavy atom. The Morgan fingerprint density at radius 3 is 2.37 bits per heavy atom. The van der Waals surface area contributed by atoms with Gasteiger partial charge in [0, 0.05) is 60.6 Å². The first-order chi connectivity index (χ1) is 12.1. The van der Waals surface area contributed by atoms with Gasteiger partial charge >= 0.3 is 0 Å². The third-order valence-corrected chi connectivity index (χ3v) is 6.80. The molecule has 27 heavy (non-hydrogen) atoms. The average Bonchev–Trinajstić information content (AvgIpc) is 2.99. The van der Waals surface area contributed by atoms with Crippen molar-refractivity contribution in [3.8, 4) is 0 Å². The molecule has 2 aliphatic heterocycles. The fourth-order valence-corrected chi connectivity index (χ4v) is 5.39. The standard InChI is InChI=1S/C18H35O6P2.Y/c1-12-9-15(23-25(5)6)16(21-12)11-20-26(7,8)24-18-13(2)14(3)22-17(18)10-19-4;/h9,12-18H,7,10-11H2,1-6,8H3;/q-1;/t12-,13+,14-,15?,16+,17+,18?,26?;/m0./s1. The van der Waals surface area contributed by atoms with Crippen LogP contribution >= 0.6 is 15.5 Å². The summed E-state index contributed by atoms with van der Waals surface area (Å²) in [5.74, 6) is 0.260. The molecule has 0 aromatic rings. The van der Waals surface area contributed by atoms with Crippen LogP contribution in [-0.4, -0.2) is 83.2 Å². The maximum Gasteiger partial charge on any atom is 0.115 e. The summed E-state index contributed by atoms with van der Waals surface area (Å²) in [5.41, 5.74) is 0. The fourth-order valence-electron chi connectivity index (χ4n) is 3.33. The van der Waals surface area contributed by atoms with E-state index in [4.69, 9.17) is 27.8 Å². The number of hydrogen-bond acceptors (Lipinski definition) is 6. The van der Waals surface area contributed by atoms with Gasteiger partial charge in [-0.25, -0.2) is 0 Å². The van der Waals surface area contributed by atoms with E-state index in [-0.39, 0.29) is 75.3 Å². The van der Waals surface area contributed by atoms with Crippen LogP contribution < -0.4 is 0 Å². The molecule has 2 saturated heterocycles. The first-order valence-electron chi connectivity index (χ1n) is 9.15. The van der Waals surface area contributed by atoms with Gasteiger partial charge in [0.1, 0.15) is 13.4 Å². The van der Waals surface area contributed by atoms with Gasteiger partial charge in [-0.3, -0.25) is 6.42 Å². The van der Waals surface area contributed by atoms with Crippen LogP contribution in [0.5, 0.6) is 0 Å². The van der Waals surface area contributed by atoms with Gasteiger partial charge < -0.3 is 27.8 Å². The van der Waals surface area contributed by atoms with Crippen LogP contribution in [0.15, 0.2) is 0 Å². The fraction of sp³-hybridized carbons (Fsp3) is 0.889. The van der Waals surface area contributed by atoms with E-state index in [1.165, 1.54) is 0 Å². The number of methoxy groups -OCH3 is 1. The monoisotopic (exact) mass is 498 g/mol. The zero-order chi connectivity index (χ0) is 19.5. The second-order valence-electron chi connectivity index (χ2n) is 7.53. The van der Waals surface area contributed by atoms with Crippen LogP contribution in [0, 0.1) is 12.3 Å². The summed E-state index contributed by atoms with van der Waals surface area (Å²) in [5, 5.41) is 0. The maximum absolute atomic E-state index is 6.32. The Morgan fingerprint density at radius 2 is 1.78 bits per heavy atom. The van der Waals surface area contributed by atoms with Gasteiger partial charge in [0.2, 0.25) is 0 Å². The first kappa shape index (κ1) is 26.6. The van der Waals surface area contributed by atoms with E-state index in [2.05, 4.69) is 39.9 Å². The third kappa shape index (κ3) is 7.98. The van der Waals surface area contributed by atoms with Gasteiger partial charge in [0.25, 0.3) is 0 Å². The summed E-state index contributed by atoms with van der Waals surface area (Å²) in [6.45, 7) is 13.3. The van der Waals surface area contributed by atoms with Crippen molar-refractivity contribution in [1.29, 1.82) is 0 Å². The summed E-state index contributed by atoms with van der Waals surface area (Å²) in [6.07, 6.45) is 6.17. The maximum atomic E-state index is 6.32. The Balaban J connectivity index is 0.00000364. The molecule has 0 spiro atoms. The van der Waals surface area contributed by atoms with Crippen molar-refractivity contribution in [2.45, 2.75) is 57.4 Å². The molecule has 3 unspecified atom stereocenters. The minimum absolute atomic E-state index is 0. The van der Waals surface area contributed by atoms with E-state index >= 15 is 0 Å². The molecular weight excluding hydrogens is 463 g/mol. The van der Waals surface area contributed by atoms with E-state index < -0.39 is 15.5 Å². The molecule has 1 radical (unpaired) electrons. The molecule has 0 amide bonds. The Labute approximate surface area is 191 Å². The minimum atomic E-state index is -2.28. The Hall–Kier alpha value is 1.59. The molecule has 0 aromatic carbocycles. The molecule has 0 N–H and O–H groups in total. The van der Waals surface area contributed by atoms with Gasteiger partial charge in [-0.2, -0.15) is 0 Å². The van der Waals surface area contributed by atoms with Crippen molar-refractivity contribution in [2.24, 2.45) is 5.92 Å². The summed E-state index contributed by atoms with van der Waals surface area (Å²) in [4.78, 5) is 0. The topological polar surface area (TPSA) is 55.4 Å². The number of hydrogen-bond donors (Lipinski definition) is 0. The van der Waals surface area contributed by atoms with E-state index in [0.717, 1.165) is 0 Å². The molecule has 2 aliphatic rings. The summed E-state index contributed by atoms with van der Waals surface area (Å²) in [6, 6.07) is 0. The van der Waals surface area contributed by atoms with Crippen molar-refractivity contribution in [3.05, 3.63) is 6.42 Å². The normalized spacial score (nSPS) is 38.7. The molecule has 0 aromatic heterocycles. The third-order valence-electron chi connectivity index (χ3n) is 4.75. The van der Waals surface area contributed by atoms with Gasteiger partial charge in [0.05, 0.1) is 31.5 Å².